The lowest BCUT2D eigenvalue weighted by molar-refractivity contribution is 0.0672. The van der Waals surface area contributed by atoms with Crippen LogP contribution in [0.3, 0.4) is 0 Å². The summed E-state index contributed by atoms with van der Waals surface area (Å²) in [4.78, 5) is 21.2. The fraction of sp³-hybridized carbons (Fsp3) is 0.455. The summed E-state index contributed by atoms with van der Waals surface area (Å²) in [6.45, 7) is 5.42. The molecule has 0 saturated carbocycles. The molecule has 1 aromatic carbocycles. The Balaban J connectivity index is 1.43. The molecule has 1 unspecified atom stereocenters. The van der Waals surface area contributed by atoms with Gasteiger partial charge in [0.15, 0.2) is 11.6 Å². The predicted molar refractivity (Wildman–Crippen MR) is 103 cm³/mol. The van der Waals surface area contributed by atoms with Gasteiger partial charge in [-0.25, -0.2) is 8.78 Å². The fourth-order valence-corrected chi connectivity index (χ4v) is 4.58. The normalized spacial score (nSPS) is 22.8. The first-order chi connectivity index (χ1) is 13.5. The van der Waals surface area contributed by atoms with E-state index in [1.165, 1.54) is 0 Å². The van der Waals surface area contributed by atoms with Crippen LogP contribution in [0.1, 0.15) is 40.9 Å². The van der Waals surface area contributed by atoms with Crippen LogP contribution < -0.4 is 0 Å². The summed E-state index contributed by atoms with van der Waals surface area (Å²) in [6.07, 6.45) is 4.65. The number of carbonyl (C=O) groups excluding carboxylic acids is 1. The lowest BCUT2D eigenvalue weighted by Gasteiger charge is -2.40. The van der Waals surface area contributed by atoms with Gasteiger partial charge in [0.1, 0.15) is 0 Å². The molecule has 1 atom stereocenters. The molecule has 4 nitrogen and oxygen atoms in total. The minimum Gasteiger partial charge on any atom is -0.338 e. The zero-order valence-electron chi connectivity index (χ0n) is 16.1. The highest BCUT2D eigenvalue weighted by Crippen LogP contribution is 2.40. The number of halogens is 2. The van der Waals surface area contributed by atoms with Crippen molar-refractivity contribution in [3.63, 3.8) is 0 Å². The van der Waals surface area contributed by atoms with E-state index in [4.69, 9.17) is 0 Å². The summed E-state index contributed by atoms with van der Waals surface area (Å²) in [5.41, 5.74) is 1.95. The quantitative estimate of drug-likeness (QED) is 0.807. The molecule has 1 spiro atoms. The molecular weight excluding hydrogens is 360 g/mol. The number of nitrogens with zero attached hydrogens (tertiary/aromatic N) is 3. The number of piperidine rings is 1. The van der Waals surface area contributed by atoms with E-state index >= 15 is 0 Å². The maximum Gasteiger partial charge on any atom is 0.255 e. The molecule has 0 bridgehead atoms. The second-order valence-corrected chi connectivity index (χ2v) is 8.19. The summed E-state index contributed by atoms with van der Waals surface area (Å²) < 4.78 is 27.6. The maximum absolute atomic E-state index is 14.0. The molecule has 3 heterocycles. The van der Waals surface area contributed by atoms with Gasteiger partial charge < -0.3 is 4.90 Å². The van der Waals surface area contributed by atoms with Crippen LogP contribution in [0, 0.1) is 24.0 Å². The molecule has 148 valence electrons. The van der Waals surface area contributed by atoms with Gasteiger partial charge >= 0.3 is 0 Å². The van der Waals surface area contributed by atoms with Crippen LogP contribution in [0.25, 0.3) is 0 Å². The summed E-state index contributed by atoms with van der Waals surface area (Å²) in [5.74, 6) is -1.52. The average Bonchev–Trinajstić information content (AvgIpc) is 3.09. The molecule has 0 aliphatic carbocycles. The van der Waals surface area contributed by atoms with Crippen LogP contribution in [0.2, 0.25) is 0 Å². The number of pyridine rings is 1. The van der Waals surface area contributed by atoms with Crippen molar-refractivity contribution in [2.24, 2.45) is 5.41 Å². The van der Waals surface area contributed by atoms with E-state index in [1.807, 2.05) is 24.0 Å². The second-order valence-electron chi connectivity index (χ2n) is 8.19. The molecule has 6 heteroatoms. The minimum absolute atomic E-state index is 0.0256. The van der Waals surface area contributed by atoms with Crippen LogP contribution >= 0.6 is 0 Å². The first-order valence-corrected chi connectivity index (χ1v) is 9.83. The SMILES string of the molecule is Cc1ccc(C(=O)N2CCC3(CCCN(Cc4cccc(F)c4F)C3)C2)cn1. The van der Waals surface area contributed by atoms with E-state index in [-0.39, 0.29) is 11.3 Å². The summed E-state index contributed by atoms with van der Waals surface area (Å²) in [7, 11) is 0. The molecule has 1 aromatic heterocycles. The molecule has 0 radical (unpaired) electrons. The molecule has 2 aliphatic heterocycles. The van der Waals surface area contributed by atoms with Crippen molar-refractivity contribution in [2.45, 2.75) is 32.7 Å². The molecule has 0 N–H and O–H groups in total. The Hall–Kier alpha value is -2.34. The molecule has 2 saturated heterocycles. The molecule has 2 aromatic rings. The van der Waals surface area contributed by atoms with E-state index in [0.29, 0.717) is 24.2 Å². The number of aryl methyl sites for hydroxylation is 1. The van der Waals surface area contributed by atoms with E-state index in [0.717, 1.165) is 50.7 Å². The van der Waals surface area contributed by atoms with Gasteiger partial charge in [0.05, 0.1) is 5.56 Å². The van der Waals surface area contributed by atoms with Crippen LogP contribution in [0.4, 0.5) is 8.78 Å². The average molecular weight is 385 g/mol. The number of hydrogen-bond acceptors (Lipinski definition) is 3. The highest BCUT2D eigenvalue weighted by Gasteiger charge is 2.43. The predicted octanol–water partition coefficient (Wildman–Crippen LogP) is 3.80. The Labute approximate surface area is 164 Å². The second kappa shape index (κ2) is 7.59. The Kier molecular flexibility index (Phi) is 5.15. The largest absolute Gasteiger partial charge is 0.338 e. The molecule has 1 amide bonds. The van der Waals surface area contributed by atoms with Gasteiger partial charge in [-0.3, -0.25) is 14.7 Å². The number of benzene rings is 1. The first kappa shape index (κ1) is 19.0. The van der Waals surface area contributed by atoms with Crippen LogP contribution in [-0.4, -0.2) is 46.9 Å². The summed E-state index contributed by atoms with van der Waals surface area (Å²) >= 11 is 0. The maximum atomic E-state index is 14.0. The van der Waals surface area contributed by atoms with Crippen molar-refractivity contribution in [1.82, 2.24) is 14.8 Å². The van der Waals surface area contributed by atoms with Gasteiger partial charge in [-0.2, -0.15) is 0 Å². The number of aromatic nitrogens is 1. The van der Waals surface area contributed by atoms with Gasteiger partial charge in [-0.1, -0.05) is 12.1 Å². The number of likely N-dealkylation sites (tertiary alicyclic amines) is 2. The summed E-state index contributed by atoms with van der Waals surface area (Å²) in [5, 5.41) is 0. The Morgan fingerprint density at radius 3 is 2.79 bits per heavy atom. The van der Waals surface area contributed by atoms with E-state index in [9.17, 15) is 13.6 Å². The Morgan fingerprint density at radius 1 is 1.14 bits per heavy atom. The Bertz CT molecular complexity index is 871. The van der Waals surface area contributed by atoms with Crippen molar-refractivity contribution in [3.05, 3.63) is 65.0 Å². The van der Waals surface area contributed by atoms with Crippen LogP contribution in [0.5, 0.6) is 0 Å². The standard InChI is InChI=1S/C22H25F2N3O/c1-16-6-7-17(12-25-16)21(28)27-11-9-22(15-27)8-3-10-26(14-22)13-18-4-2-5-19(23)20(18)24/h2,4-7,12H,3,8-11,13-15H2,1H3. The zero-order chi connectivity index (χ0) is 19.7. The highest BCUT2D eigenvalue weighted by molar-refractivity contribution is 5.94. The van der Waals surface area contributed by atoms with E-state index < -0.39 is 11.6 Å². The molecule has 2 fully saturated rings. The van der Waals surface area contributed by atoms with E-state index in [1.54, 1.807) is 18.3 Å². The third-order valence-electron chi connectivity index (χ3n) is 6.05. The number of amides is 1. The van der Waals surface area contributed by atoms with Crippen molar-refractivity contribution < 1.29 is 13.6 Å². The lowest BCUT2D eigenvalue weighted by atomic mass is 9.79. The monoisotopic (exact) mass is 385 g/mol. The lowest BCUT2D eigenvalue weighted by Crippen LogP contribution is -2.45. The van der Waals surface area contributed by atoms with Crippen molar-refractivity contribution in [1.29, 1.82) is 0 Å². The minimum atomic E-state index is -0.798. The third-order valence-corrected chi connectivity index (χ3v) is 6.05. The van der Waals surface area contributed by atoms with Gasteiger partial charge in [-0.15, -0.1) is 0 Å². The van der Waals surface area contributed by atoms with Crippen molar-refractivity contribution in [3.8, 4) is 0 Å². The van der Waals surface area contributed by atoms with Gasteiger partial charge in [0.2, 0.25) is 0 Å². The Morgan fingerprint density at radius 2 is 2.00 bits per heavy atom. The fourth-order valence-electron chi connectivity index (χ4n) is 4.58. The molecule has 4 rings (SSSR count). The molecule has 2 aliphatic rings. The van der Waals surface area contributed by atoms with Crippen LogP contribution in [0.15, 0.2) is 36.5 Å². The van der Waals surface area contributed by atoms with Crippen molar-refractivity contribution >= 4 is 5.91 Å². The molecule has 28 heavy (non-hydrogen) atoms. The zero-order valence-corrected chi connectivity index (χ0v) is 16.1. The van der Waals surface area contributed by atoms with Gasteiger partial charge in [0, 0.05) is 49.0 Å². The van der Waals surface area contributed by atoms with Crippen LogP contribution in [-0.2, 0) is 6.54 Å². The summed E-state index contributed by atoms with van der Waals surface area (Å²) in [6, 6.07) is 8.04. The highest BCUT2D eigenvalue weighted by atomic mass is 19.2. The van der Waals surface area contributed by atoms with Crippen molar-refractivity contribution in [2.75, 3.05) is 26.2 Å². The van der Waals surface area contributed by atoms with Gasteiger partial charge in [0.25, 0.3) is 5.91 Å². The number of rotatable bonds is 3. The first-order valence-electron chi connectivity index (χ1n) is 9.83. The van der Waals surface area contributed by atoms with E-state index in [2.05, 4.69) is 9.88 Å². The number of carbonyl (C=O) groups is 1. The van der Waals surface area contributed by atoms with Gasteiger partial charge in [-0.05, 0) is 50.9 Å². The smallest absolute Gasteiger partial charge is 0.255 e. The topological polar surface area (TPSA) is 36.4 Å². The third kappa shape index (κ3) is 3.78. The molecular formula is C22H25F2N3O. The number of hydrogen-bond donors (Lipinski definition) is 0.